The van der Waals surface area contributed by atoms with Crippen LogP contribution in [0.3, 0.4) is 0 Å². The topological polar surface area (TPSA) is 41.5 Å². The third-order valence-corrected chi connectivity index (χ3v) is 4.05. The second-order valence-electron chi connectivity index (χ2n) is 6.01. The van der Waals surface area contributed by atoms with Crippen molar-refractivity contribution in [1.29, 1.82) is 0 Å². The molecule has 28 heavy (non-hydrogen) atoms. The number of rotatable bonds is 2. The number of alkyl halides is 3. The fourth-order valence-electron chi connectivity index (χ4n) is 2.66. The van der Waals surface area contributed by atoms with Crippen LogP contribution in [0, 0.1) is 17.5 Å². The summed E-state index contributed by atoms with van der Waals surface area (Å²) in [5.41, 5.74) is -2.59. The monoisotopic (exact) mass is 400 g/mol. The maximum atomic E-state index is 13.8. The zero-order valence-electron chi connectivity index (χ0n) is 14.2. The Labute approximate surface area is 155 Å². The zero-order valence-corrected chi connectivity index (χ0v) is 14.2. The minimum Gasteiger partial charge on any atom is -0.267 e. The minimum absolute atomic E-state index is 0.0466. The van der Waals surface area contributed by atoms with Crippen LogP contribution < -0.4 is 5.32 Å². The van der Waals surface area contributed by atoms with Crippen molar-refractivity contribution in [2.75, 3.05) is 12.4 Å². The number of carbonyl (C=O) groups excluding carboxylic acids is 1. The van der Waals surface area contributed by atoms with Crippen molar-refractivity contribution in [2.45, 2.75) is 6.18 Å². The van der Waals surface area contributed by atoms with Crippen molar-refractivity contribution in [3.8, 4) is 0 Å². The van der Waals surface area contributed by atoms with Crippen LogP contribution in [0.1, 0.15) is 5.56 Å². The molecule has 0 saturated carbocycles. The lowest BCUT2D eigenvalue weighted by Crippen LogP contribution is -2.45. The number of nitrogens with one attached hydrogen (secondary N) is 1. The molecule has 10 heteroatoms. The number of carbonyl (C=O) groups is 1. The standard InChI is InChI=1S/C18H11F6N3O/c1-27(17(28)25-16-12(20)6-3-7-13(16)21)14(9-15(26-27)18(22,23)24)10-4-2-5-11(19)8-10/h2-9H,1H3/p+1. The Morgan fingerprint density at radius 1 is 1.04 bits per heavy atom. The number of hydrogen-bond donors (Lipinski definition) is 1. The highest BCUT2D eigenvalue weighted by molar-refractivity contribution is 6.07. The number of amides is 2. The molecule has 1 aliphatic heterocycles. The summed E-state index contributed by atoms with van der Waals surface area (Å²) in [4.78, 5) is 12.7. The fourth-order valence-corrected chi connectivity index (χ4v) is 2.66. The van der Waals surface area contributed by atoms with Gasteiger partial charge in [-0.2, -0.15) is 13.2 Å². The normalized spacial score (nSPS) is 19.2. The van der Waals surface area contributed by atoms with Gasteiger partial charge >= 0.3 is 12.2 Å². The molecule has 0 spiro atoms. The summed E-state index contributed by atoms with van der Waals surface area (Å²) >= 11 is 0. The number of hydrogen-bond acceptors (Lipinski definition) is 2. The van der Waals surface area contributed by atoms with Crippen LogP contribution in [-0.2, 0) is 0 Å². The lowest BCUT2D eigenvalue weighted by molar-refractivity contribution is -0.756. The molecule has 0 saturated heterocycles. The summed E-state index contributed by atoms with van der Waals surface area (Å²) in [6.45, 7) is 0. The Balaban J connectivity index is 2.08. The van der Waals surface area contributed by atoms with Gasteiger partial charge in [-0.05, 0) is 30.3 Å². The number of para-hydroxylation sites is 1. The molecular formula is C18H12F6N3O+. The van der Waals surface area contributed by atoms with E-state index in [0.29, 0.717) is 6.08 Å². The van der Waals surface area contributed by atoms with E-state index in [1.165, 1.54) is 12.1 Å². The molecule has 2 aromatic carbocycles. The van der Waals surface area contributed by atoms with Gasteiger partial charge in [-0.3, -0.25) is 5.32 Å². The number of halogens is 6. The quantitative estimate of drug-likeness (QED) is 0.556. The number of nitrogens with zero attached hydrogens (tertiary/aromatic N) is 2. The summed E-state index contributed by atoms with van der Waals surface area (Å²) in [7, 11) is 0.990. The molecule has 1 aliphatic rings. The van der Waals surface area contributed by atoms with E-state index in [2.05, 4.69) is 5.10 Å². The molecule has 1 heterocycles. The average Bonchev–Trinajstić information content (AvgIpc) is 2.97. The maximum absolute atomic E-state index is 13.8. The Bertz CT molecular complexity index is 994. The molecule has 2 amide bonds. The Morgan fingerprint density at radius 2 is 1.64 bits per heavy atom. The van der Waals surface area contributed by atoms with Crippen molar-refractivity contribution in [3.05, 3.63) is 71.6 Å². The lowest BCUT2D eigenvalue weighted by atomic mass is 10.1. The van der Waals surface area contributed by atoms with Gasteiger partial charge in [0.05, 0.1) is 0 Å². The van der Waals surface area contributed by atoms with Gasteiger partial charge in [0.2, 0.25) is 5.71 Å². The molecule has 0 bridgehead atoms. The average molecular weight is 400 g/mol. The van der Waals surface area contributed by atoms with Gasteiger partial charge in [0.15, 0.2) is 5.70 Å². The van der Waals surface area contributed by atoms with Crippen LogP contribution in [0.5, 0.6) is 0 Å². The smallest absolute Gasteiger partial charge is 0.267 e. The molecule has 1 N–H and O–H groups in total. The van der Waals surface area contributed by atoms with E-state index in [1.54, 1.807) is 0 Å². The zero-order chi connectivity index (χ0) is 20.7. The molecule has 4 nitrogen and oxygen atoms in total. The van der Waals surface area contributed by atoms with Crippen LogP contribution in [0.25, 0.3) is 5.70 Å². The SMILES string of the molecule is C[N+]1(C(=O)Nc2c(F)cccc2F)N=C(C(F)(F)F)C=C1c1cccc(F)c1. The fraction of sp³-hybridized carbons (Fsp3) is 0.111. The predicted molar refractivity (Wildman–Crippen MR) is 89.4 cm³/mol. The Morgan fingerprint density at radius 3 is 2.21 bits per heavy atom. The van der Waals surface area contributed by atoms with E-state index in [9.17, 15) is 31.1 Å². The number of urea groups is 1. The Hall–Kier alpha value is -3.14. The maximum Gasteiger partial charge on any atom is 0.452 e. The molecule has 0 fully saturated rings. The molecular weight excluding hydrogens is 388 g/mol. The van der Waals surface area contributed by atoms with Crippen LogP contribution in [0.15, 0.2) is 53.6 Å². The van der Waals surface area contributed by atoms with Crippen molar-refractivity contribution < 1.29 is 35.7 Å². The van der Waals surface area contributed by atoms with Gasteiger partial charge in [0.1, 0.15) is 30.2 Å². The first kappa shape index (κ1) is 19.6. The largest absolute Gasteiger partial charge is 0.452 e. The predicted octanol–water partition coefficient (Wildman–Crippen LogP) is 5.06. The van der Waals surface area contributed by atoms with Crippen molar-refractivity contribution in [2.24, 2.45) is 5.10 Å². The van der Waals surface area contributed by atoms with E-state index in [0.717, 1.165) is 37.4 Å². The molecule has 146 valence electrons. The summed E-state index contributed by atoms with van der Waals surface area (Å²) in [5.74, 6) is -2.98. The first-order chi connectivity index (χ1) is 13.0. The number of allylic oxidation sites excluding steroid dienone is 1. The van der Waals surface area contributed by atoms with Crippen LogP contribution in [0.4, 0.5) is 36.8 Å². The van der Waals surface area contributed by atoms with Crippen molar-refractivity contribution in [1.82, 2.24) is 0 Å². The highest BCUT2D eigenvalue weighted by Gasteiger charge is 2.50. The van der Waals surface area contributed by atoms with E-state index >= 15 is 0 Å². The van der Waals surface area contributed by atoms with Gasteiger partial charge in [-0.15, -0.1) is 0 Å². The minimum atomic E-state index is -4.89. The molecule has 0 radical (unpaired) electrons. The molecule has 1 atom stereocenters. The Kier molecular flexibility index (Phi) is 4.76. The summed E-state index contributed by atoms with van der Waals surface area (Å²) in [6, 6.07) is 6.07. The first-order valence-electron chi connectivity index (χ1n) is 7.80. The van der Waals surface area contributed by atoms with Crippen molar-refractivity contribution in [3.63, 3.8) is 0 Å². The van der Waals surface area contributed by atoms with Gasteiger partial charge in [-0.1, -0.05) is 21.8 Å². The summed E-state index contributed by atoms with van der Waals surface area (Å²) in [5, 5.41) is 5.31. The molecule has 1 unspecified atom stereocenters. The van der Waals surface area contributed by atoms with E-state index in [1.807, 2.05) is 5.32 Å². The van der Waals surface area contributed by atoms with E-state index in [4.69, 9.17) is 0 Å². The number of benzene rings is 2. The highest BCUT2D eigenvalue weighted by Crippen LogP contribution is 2.37. The van der Waals surface area contributed by atoms with Gasteiger partial charge in [0, 0.05) is 11.6 Å². The lowest BCUT2D eigenvalue weighted by Gasteiger charge is -2.24. The molecule has 3 rings (SSSR count). The first-order valence-corrected chi connectivity index (χ1v) is 7.80. The van der Waals surface area contributed by atoms with Gasteiger partial charge in [0.25, 0.3) is 0 Å². The van der Waals surface area contributed by atoms with Gasteiger partial charge in [-0.25, -0.2) is 18.0 Å². The summed E-state index contributed by atoms with van der Waals surface area (Å²) in [6.07, 6.45) is -4.30. The highest BCUT2D eigenvalue weighted by atomic mass is 19.4. The number of quaternary nitrogens is 1. The molecule has 2 aromatic rings. The third-order valence-electron chi connectivity index (χ3n) is 4.05. The van der Waals surface area contributed by atoms with E-state index < -0.39 is 45.7 Å². The molecule has 0 aromatic heterocycles. The van der Waals surface area contributed by atoms with Crippen LogP contribution in [0.2, 0.25) is 0 Å². The second kappa shape index (κ2) is 6.79. The summed E-state index contributed by atoms with van der Waals surface area (Å²) < 4.78 is 79.4. The van der Waals surface area contributed by atoms with Crippen LogP contribution in [-0.4, -0.2) is 29.6 Å². The number of anilines is 1. The van der Waals surface area contributed by atoms with Gasteiger partial charge < -0.3 is 0 Å². The molecule has 0 aliphatic carbocycles. The van der Waals surface area contributed by atoms with Crippen molar-refractivity contribution >= 4 is 23.1 Å². The second-order valence-corrected chi connectivity index (χ2v) is 6.01. The van der Waals surface area contributed by atoms with Crippen LogP contribution >= 0.6 is 0 Å². The third kappa shape index (κ3) is 3.50. The van der Waals surface area contributed by atoms with E-state index in [-0.39, 0.29) is 11.3 Å².